The van der Waals surface area contributed by atoms with E-state index in [-0.39, 0.29) is 6.04 Å². The zero-order valence-electron chi connectivity index (χ0n) is 16.8. The molecule has 8 nitrogen and oxygen atoms in total. The highest BCUT2D eigenvalue weighted by atomic mass is 16.3. The molecule has 2 amide bonds. The lowest BCUT2D eigenvalue weighted by molar-refractivity contribution is 0.0847. The standard InChI is InChI=1S/C22H21N5O3/c1-13(2)27-20-17(12-23-27)16(11-18(24-20)19-9-6-10-30-19)22(29)26-25-21(28)15-8-5-4-7-14(15)3/h4-13H,1-3H3,(H,25,28)(H,26,29). The maximum Gasteiger partial charge on any atom is 0.270 e. The minimum atomic E-state index is -0.472. The van der Waals surface area contributed by atoms with E-state index in [1.165, 1.54) is 0 Å². The predicted octanol–water partition coefficient (Wildman–Crippen LogP) is 3.66. The first-order chi connectivity index (χ1) is 14.5. The fraction of sp³-hybridized carbons (Fsp3) is 0.182. The number of nitrogens with zero attached hydrogens (tertiary/aromatic N) is 3. The first-order valence-corrected chi connectivity index (χ1v) is 9.54. The Morgan fingerprint density at radius 2 is 1.77 bits per heavy atom. The molecule has 0 aliphatic carbocycles. The molecule has 0 saturated heterocycles. The lowest BCUT2D eigenvalue weighted by Crippen LogP contribution is -2.42. The van der Waals surface area contributed by atoms with Gasteiger partial charge in [0.05, 0.1) is 23.4 Å². The van der Waals surface area contributed by atoms with Gasteiger partial charge in [-0.15, -0.1) is 0 Å². The van der Waals surface area contributed by atoms with Crippen molar-refractivity contribution in [3.8, 4) is 11.5 Å². The maximum absolute atomic E-state index is 13.0. The Balaban J connectivity index is 1.68. The largest absolute Gasteiger partial charge is 0.463 e. The van der Waals surface area contributed by atoms with E-state index in [1.54, 1.807) is 47.5 Å². The third-order valence-electron chi connectivity index (χ3n) is 4.75. The average Bonchev–Trinajstić information content (AvgIpc) is 3.41. The quantitative estimate of drug-likeness (QED) is 0.506. The van der Waals surface area contributed by atoms with Gasteiger partial charge < -0.3 is 4.42 Å². The van der Waals surface area contributed by atoms with E-state index < -0.39 is 11.8 Å². The van der Waals surface area contributed by atoms with Crippen molar-refractivity contribution in [1.29, 1.82) is 0 Å². The number of aromatic nitrogens is 3. The van der Waals surface area contributed by atoms with Gasteiger partial charge in [0.15, 0.2) is 11.4 Å². The number of aryl methyl sites for hydroxylation is 1. The van der Waals surface area contributed by atoms with Crippen molar-refractivity contribution in [1.82, 2.24) is 25.6 Å². The van der Waals surface area contributed by atoms with E-state index in [4.69, 9.17) is 4.42 Å². The van der Waals surface area contributed by atoms with E-state index >= 15 is 0 Å². The summed E-state index contributed by atoms with van der Waals surface area (Å²) in [5, 5.41) is 4.96. The molecule has 0 aliphatic rings. The Labute approximate surface area is 172 Å². The summed E-state index contributed by atoms with van der Waals surface area (Å²) in [4.78, 5) is 30.0. The molecular formula is C22H21N5O3. The van der Waals surface area contributed by atoms with Gasteiger partial charge in [0.1, 0.15) is 5.69 Å². The van der Waals surface area contributed by atoms with Crippen molar-refractivity contribution < 1.29 is 14.0 Å². The smallest absolute Gasteiger partial charge is 0.270 e. The summed E-state index contributed by atoms with van der Waals surface area (Å²) in [7, 11) is 0. The molecule has 2 N–H and O–H groups in total. The number of hydrazine groups is 1. The van der Waals surface area contributed by atoms with Crippen LogP contribution in [0.3, 0.4) is 0 Å². The minimum absolute atomic E-state index is 0.0542. The number of benzene rings is 1. The molecule has 4 aromatic rings. The molecule has 0 saturated carbocycles. The molecule has 0 spiro atoms. The van der Waals surface area contributed by atoms with Crippen LogP contribution in [-0.2, 0) is 0 Å². The van der Waals surface area contributed by atoms with Gasteiger partial charge in [-0.2, -0.15) is 5.10 Å². The first kappa shape index (κ1) is 19.4. The second kappa shape index (κ2) is 7.82. The Hall–Kier alpha value is -3.94. The number of fused-ring (bicyclic) bond motifs is 1. The van der Waals surface area contributed by atoms with Gasteiger partial charge in [0.2, 0.25) is 0 Å². The fourth-order valence-corrected chi connectivity index (χ4v) is 3.21. The highest BCUT2D eigenvalue weighted by molar-refractivity contribution is 6.07. The highest BCUT2D eigenvalue weighted by Gasteiger charge is 2.20. The van der Waals surface area contributed by atoms with Crippen LogP contribution in [0.1, 0.15) is 46.2 Å². The molecule has 0 radical (unpaired) electrons. The van der Waals surface area contributed by atoms with Gasteiger partial charge in [0.25, 0.3) is 11.8 Å². The van der Waals surface area contributed by atoms with Crippen LogP contribution in [-0.4, -0.2) is 26.6 Å². The molecule has 0 fully saturated rings. The summed E-state index contributed by atoms with van der Waals surface area (Å²) in [5.41, 5.74) is 7.68. The van der Waals surface area contributed by atoms with Crippen LogP contribution >= 0.6 is 0 Å². The van der Waals surface area contributed by atoms with E-state index in [0.29, 0.717) is 33.6 Å². The van der Waals surface area contributed by atoms with Crippen molar-refractivity contribution in [2.75, 3.05) is 0 Å². The molecule has 1 aromatic carbocycles. The molecule has 152 valence electrons. The molecular weight excluding hydrogens is 382 g/mol. The molecule has 0 atom stereocenters. The van der Waals surface area contributed by atoms with Gasteiger partial charge in [-0.05, 0) is 50.6 Å². The molecule has 3 aromatic heterocycles. The van der Waals surface area contributed by atoms with E-state index in [2.05, 4.69) is 20.9 Å². The van der Waals surface area contributed by atoms with E-state index in [1.807, 2.05) is 32.9 Å². The third-order valence-corrected chi connectivity index (χ3v) is 4.75. The third kappa shape index (κ3) is 3.55. The molecule has 0 unspecified atom stereocenters. The zero-order valence-corrected chi connectivity index (χ0v) is 16.8. The first-order valence-electron chi connectivity index (χ1n) is 9.54. The van der Waals surface area contributed by atoms with E-state index in [0.717, 1.165) is 5.56 Å². The summed E-state index contributed by atoms with van der Waals surface area (Å²) in [6.07, 6.45) is 3.15. The Morgan fingerprint density at radius 1 is 1.03 bits per heavy atom. The van der Waals surface area contributed by atoms with Crippen LogP contribution < -0.4 is 10.9 Å². The number of amides is 2. The fourth-order valence-electron chi connectivity index (χ4n) is 3.21. The number of carbonyl (C=O) groups is 2. The topological polar surface area (TPSA) is 102 Å². The van der Waals surface area contributed by atoms with Crippen LogP contribution in [0.25, 0.3) is 22.5 Å². The van der Waals surface area contributed by atoms with Crippen molar-refractivity contribution in [2.24, 2.45) is 0 Å². The maximum atomic E-state index is 13.0. The molecule has 8 heteroatoms. The van der Waals surface area contributed by atoms with Crippen LogP contribution in [0.4, 0.5) is 0 Å². The van der Waals surface area contributed by atoms with Crippen LogP contribution in [0.5, 0.6) is 0 Å². The number of hydrogen-bond donors (Lipinski definition) is 2. The number of furan rings is 1. The Bertz CT molecular complexity index is 1230. The predicted molar refractivity (Wildman–Crippen MR) is 112 cm³/mol. The summed E-state index contributed by atoms with van der Waals surface area (Å²) in [5.74, 6) is -0.331. The minimum Gasteiger partial charge on any atom is -0.463 e. The van der Waals surface area contributed by atoms with Gasteiger partial charge >= 0.3 is 0 Å². The molecule has 30 heavy (non-hydrogen) atoms. The second-order valence-electron chi connectivity index (χ2n) is 7.18. The lowest BCUT2D eigenvalue weighted by Gasteiger charge is -2.11. The number of carbonyl (C=O) groups excluding carboxylic acids is 2. The van der Waals surface area contributed by atoms with Crippen molar-refractivity contribution in [3.63, 3.8) is 0 Å². The zero-order chi connectivity index (χ0) is 21.3. The van der Waals surface area contributed by atoms with E-state index in [9.17, 15) is 9.59 Å². The second-order valence-corrected chi connectivity index (χ2v) is 7.18. The average molecular weight is 403 g/mol. The van der Waals surface area contributed by atoms with Crippen molar-refractivity contribution >= 4 is 22.8 Å². The summed E-state index contributed by atoms with van der Waals surface area (Å²) < 4.78 is 7.20. The van der Waals surface area contributed by atoms with Gasteiger partial charge in [-0.3, -0.25) is 20.4 Å². The Kier molecular flexibility index (Phi) is 5.05. The monoisotopic (exact) mass is 403 g/mol. The molecule has 4 rings (SSSR count). The lowest BCUT2D eigenvalue weighted by atomic mass is 10.1. The summed E-state index contributed by atoms with van der Waals surface area (Å²) >= 11 is 0. The van der Waals surface area contributed by atoms with Crippen molar-refractivity contribution in [3.05, 3.63) is 71.6 Å². The number of rotatable bonds is 4. The van der Waals surface area contributed by atoms with Crippen LogP contribution in [0, 0.1) is 6.92 Å². The summed E-state index contributed by atoms with van der Waals surface area (Å²) in [6.45, 7) is 5.80. The van der Waals surface area contributed by atoms with Crippen molar-refractivity contribution in [2.45, 2.75) is 26.8 Å². The molecule has 0 aliphatic heterocycles. The van der Waals surface area contributed by atoms with Gasteiger partial charge in [-0.25, -0.2) is 9.67 Å². The van der Waals surface area contributed by atoms with Gasteiger partial charge in [0, 0.05) is 11.6 Å². The molecule has 0 bridgehead atoms. The van der Waals surface area contributed by atoms with Crippen LogP contribution in [0.2, 0.25) is 0 Å². The normalized spacial score (nSPS) is 11.1. The van der Waals surface area contributed by atoms with Crippen LogP contribution in [0.15, 0.2) is 59.3 Å². The Morgan fingerprint density at radius 3 is 2.43 bits per heavy atom. The molecule has 3 heterocycles. The SMILES string of the molecule is Cc1ccccc1C(=O)NNC(=O)c1cc(-c2ccco2)nc2c1cnn2C(C)C. The number of pyridine rings is 1. The highest BCUT2D eigenvalue weighted by Crippen LogP contribution is 2.26. The number of hydrogen-bond acceptors (Lipinski definition) is 5. The summed E-state index contributed by atoms with van der Waals surface area (Å²) in [6, 6.07) is 12.4. The van der Waals surface area contributed by atoms with Gasteiger partial charge in [-0.1, -0.05) is 18.2 Å². The number of nitrogens with one attached hydrogen (secondary N) is 2.